The first-order valence-corrected chi connectivity index (χ1v) is 16.2. The molecule has 3 aromatic carbocycles. The first-order chi connectivity index (χ1) is 21.2. The Morgan fingerprint density at radius 2 is 1.61 bits per heavy atom. The van der Waals surface area contributed by atoms with Gasteiger partial charge in [0.2, 0.25) is 0 Å². The summed E-state index contributed by atoms with van der Waals surface area (Å²) in [4.78, 5) is 40.5. The number of imide groups is 2. The normalized spacial score (nSPS) is 26.7. The van der Waals surface area contributed by atoms with E-state index in [1.807, 2.05) is 30.3 Å². The molecule has 9 heteroatoms. The van der Waals surface area contributed by atoms with Crippen LogP contribution in [0.3, 0.4) is 0 Å². The summed E-state index contributed by atoms with van der Waals surface area (Å²) in [6.07, 6.45) is 9.22. The predicted molar refractivity (Wildman–Crippen MR) is 172 cm³/mol. The molecule has 4 aliphatic carbocycles. The lowest BCUT2D eigenvalue weighted by Gasteiger charge is -2.57. The molecule has 4 saturated carbocycles. The largest absolute Gasteiger partial charge is 0.493 e. The van der Waals surface area contributed by atoms with Gasteiger partial charge in [-0.25, -0.2) is 9.69 Å². The molecule has 5 fully saturated rings. The molecule has 1 saturated heterocycles. The lowest BCUT2D eigenvalue weighted by atomic mass is 9.48. The van der Waals surface area contributed by atoms with Crippen LogP contribution in [0, 0.1) is 17.8 Å². The van der Waals surface area contributed by atoms with E-state index >= 15 is 0 Å². The number of anilines is 1. The first-order valence-electron chi connectivity index (χ1n) is 15.0. The molecule has 226 valence electrons. The molecule has 1 N–H and O–H groups in total. The summed E-state index contributed by atoms with van der Waals surface area (Å²) in [7, 11) is 1.51. The topological polar surface area (TPSA) is 84.9 Å². The maximum absolute atomic E-state index is 13.7. The van der Waals surface area contributed by atoms with Gasteiger partial charge < -0.3 is 9.47 Å². The molecule has 0 atom stereocenters. The van der Waals surface area contributed by atoms with Crippen LogP contribution in [0.4, 0.5) is 10.5 Å². The quantitative estimate of drug-likeness (QED) is 0.204. The molecule has 5 aliphatic rings. The van der Waals surface area contributed by atoms with Crippen molar-refractivity contribution in [2.45, 2.75) is 50.5 Å². The minimum Gasteiger partial charge on any atom is -0.493 e. The van der Waals surface area contributed by atoms with Crippen LogP contribution in [-0.2, 0) is 21.6 Å². The number of nitrogens with one attached hydrogen (secondary N) is 1. The molecule has 7 nitrogen and oxygen atoms in total. The highest BCUT2D eigenvalue weighted by atomic mass is 79.9. The Morgan fingerprint density at radius 1 is 0.955 bits per heavy atom. The lowest BCUT2D eigenvalue weighted by Crippen LogP contribution is -2.54. The van der Waals surface area contributed by atoms with Crippen LogP contribution in [0.25, 0.3) is 6.08 Å². The maximum Gasteiger partial charge on any atom is 0.335 e. The van der Waals surface area contributed by atoms with E-state index in [2.05, 4.69) is 33.4 Å². The van der Waals surface area contributed by atoms with Gasteiger partial charge in [0.25, 0.3) is 11.8 Å². The predicted octanol–water partition coefficient (Wildman–Crippen LogP) is 7.82. The van der Waals surface area contributed by atoms with Gasteiger partial charge in [-0.05, 0) is 109 Å². The minimum absolute atomic E-state index is 0.165. The molecular weight excluding hydrogens is 644 g/mol. The van der Waals surface area contributed by atoms with E-state index in [0.29, 0.717) is 32.2 Å². The molecule has 44 heavy (non-hydrogen) atoms. The number of halogens is 2. The number of rotatable bonds is 7. The van der Waals surface area contributed by atoms with Gasteiger partial charge in [0.05, 0.1) is 12.8 Å². The Hall–Kier alpha value is -3.62. The summed E-state index contributed by atoms with van der Waals surface area (Å²) in [5.74, 6) is 1.86. The van der Waals surface area contributed by atoms with Crippen LogP contribution in [-0.4, -0.2) is 25.0 Å². The Balaban J connectivity index is 1.14. The zero-order chi connectivity index (χ0) is 30.6. The third kappa shape index (κ3) is 5.22. The van der Waals surface area contributed by atoms with Crippen molar-refractivity contribution < 1.29 is 23.9 Å². The van der Waals surface area contributed by atoms with Crippen molar-refractivity contribution in [1.82, 2.24) is 5.32 Å². The van der Waals surface area contributed by atoms with Crippen molar-refractivity contribution in [2.75, 3.05) is 12.0 Å². The first kappa shape index (κ1) is 29.1. The highest BCUT2D eigenvalue weighted by Gasteiger charge is 2.51. The molecule has 4 amide bonds. The van der Waals surface area contributed by atoms with Gasteiger partial charge in [-0.1, -0.05) is 57.9 Å². The SMILES string of the molecule is COc1cc(/C=C2\C(=O)NC(=O)N(c3ccc(C45CC6CC(CC(C6)C4)C5)cc3)C2=O)c(Br)cc1OCc1ccccc1Cl. The third-order valence-electron chi connectivity index (χ3n) is 9.80. The van der Waals surface area contributed by atoms with Gasteiger partial charge in [-0.3, -0.25) is 14.9 Å². The van der Waals surface area contributed by atoms with E-state index in [9.17, 15) is 14.4 Å². The molecule has 0 aromatic heterocycles. The van der Waals surface area contributed by atoms with Gasteiger partial charge in [0, 0.05) is 15.1 Å². The summed E-state index contributed by atoms with van der Waals surface area (Å²) >= 11 is 9.80. The molecule has 4 bridgehead atoms. The summed E-state index contributed by atoms with van der Waals surface area (Å²) in [6.45, 7) is 0.225. The highest BCUT2D eigenvalue weighted by molar-refractivity contribution is 9.10. The van der Waals surface area contributed by atoms with E-state index in [1.165, 1.54) is 57.3 Å². The molecule has 1 aliphatic heterocycles. The van der Waals surface area contributed by atoms with Crippen molar-refractivity contribution in [3.05, 3.63) is 92.4 Å². The fourth-order valence-corrected chi connectivity index (χ4v) is 8.81. The minimum atomic E-state index is -0.764. The zero-order valence-electron chi connectivity index (χ0n) is 24.3. The van der Waals surface area contributed by atoms with Gasteiger partial charge >= 0.3 is 6.03 Å². The second-order valence-corrected chi connectivity index (χ2v) is 13.9. The number of methoxy groups -OCH3 is 1. The number of nitrogens with zero attached hydrogens (tertiary/aromatic N) is 1. The molecule has 3 aromatic rings. The van der Waals surface area contributed by atoms with Gasteiger partial charge in [0.1, 0.15) is 12.2 Å². The second-order valence-electron chi connectivity index (χ2n) is 12.6. The Labute approximate surface area is 269 Å². The summed E-state index contributed by atoms with van der Waals surface area (Å²) in [6, 6.07) is 17.8. The highest BCUT2D eigenvalue weighted by Crippen LogP contribution is 2.60. The van der Waals surface area contributed by atoms with Gasteiger partial charge in [-0.15, -0.1) is 0 Å². The zero-order valence-corrected chi connectivity index (χ0v) is 26.6. The van der Waals surface area contributed by atoms with Crippen LogP contribution in [0.1, 0.15) is 55.2 Å². The fraction of sp³-hybridized carbons (Fsp3) is 0.343. The van der Waals surface area contributed by atoms with E-state index < -0.39 is 17.8 Å². The van der Waals surface area contributed by atoms with Crippen molar-refractivity contribution in [3.8, 4) is 11.5 Å². The number of benzene rings is 3. The van der Waals surface area contributed by atoms with Gasteiger partial charge in [0.15, 0.2) is 11.5 Å². The lowest BCUT2D eigenvalue weighted by molar-refractivity contribution is -0.122. The number of amides is 4. The van der Waals surface area contributed by atoms with E-state index in [1.54, 1.807) is 18.2 Å². The molecule has 0 unspecified atom stereocenters. The fourth-order valence-electron chi connectivity index (χ4n) is 8.18. The van der Waals surface area contributed by atoms with E-state index in [-0.39, 0.29) is 17.6 Å². The summed E-state index contributed by atoms with van der Waals surface area (Å²) in [5, 5.41) is 2.92. The van der Waals surface area contributed by atoms with Gasteiger partial charge in [-0.2, -0.15) is 0 Å². The van der Waals surface area contributed by atoms with E-state index in [4.69, 9.17) is 21.1 Å². The average Bonchev–Trinajstić information content (AvgIpc) is 2.99. The average molecular weight is 676 g/mol. The van der Waals surface area contributed by atoms with Crippen molar-refractivity contribution in [1.29, 1.82) is 0 Å². The van der Waals surface area contributed by atoms with Crippen LogP contribution in [0.2, 0.25) is 5.02 Å². The third-order valence-corrected chi connectivity index (χ3v) is 10.9. The number of carbonyl (C=O) groups excluding carboxylic acids is 3. The Kier molecular flexibility index (Phi) is 7.53. The number of carbonyl (C=O) groups is 3. The molecule has 8 rings (SSSR count). The number of urea groups is 1. The number of ether oxygens (including phenoxy) is 2. The van der Waals surface area contributed by atoms with Crippen molar-refractivity contribution >= 4 is 57.1 Å². The number of hydrogen-bond donors (Lipinski definition) is 1. The monoisotopic (exact) mass is 674 g/mol. The molecule has 1 heterocycles. The molecular formula is C35H32BrClN2O5. The Bertz CT molecular complexity index is 1670. The standard InChI is InChI=1S/C35H32BrClN2O5/c1-43-30-14-24(28(36)15-31(30)44-19-23-4-2-3-5-29(23)37)13-27-32(40)38-34(42)39(33(27)41)26-8-6-25(7-9-26)35-16-20-10-21(17-35)12-22(11-20)18-35/h2-9,13-15,20-22H,10-12,16-19H2,1H3,(H,38,40,42)/b27-13+. The maximum atomic E-state index is 13.7. The molecule has 0 radical (unpaired) electrons. The van der Waals surface area contributed by atoms with Crippen LogP contribution in [0.5, 0.6) is 11.5 Å². The molecule has 0 spiro atoms. The number of barbiturate groups is 1. The summed E-state index contributed by atoms with van der Waals surface area (Å²) in [5.41, 5.74) is 3.10. The van der Waals surface area contributed by atoms with Crippen LogP contribution < -0.4 is 19.7 Å². The van der Waals surface area contributed by atoms with Crippen LogP contribution in [0.15, 0.2) is 70.7 Å². The number of hydrogen-bond acceptors (Lipinski definition) is 5. The van der Waals surface area contributed by atoms with Crippen molar-refractivity contribution in [3.63, 3.8) is 0 Å². The van der Waals surface area contributed by atoms with Crippen molar-refractivity contribution in [2.24, 2.45) is 17.8 Å². The van der Waals surface area contributed by atoms with Crippen LogP contribution >= 0.6 is 27.5 Å². The van der Waals surface area contributed by atoms with E-state index in [0.717, 1.165) is 28.2 Å². The Morgan fingerprint density at radius 3 is 2.25 bits per heavy atom. The second kappa shape index (κ2) is 11.4. The summed E-state index contributed by atoms with van der Waals surface area (Å²) < 4.78 is 12.1. The smallest absolute Gasteiger partial charge is 0.335 e.